The van der Waals surface area contributed by atoms with Crippen LogP contribution in [0.5, 0.6) is 0 Å². The van der Waals surface area contributed by atoms with Gasteiger partial charge in [-0.1, -0.05) is 18.2 Å². The van der Waals surface area contributed by atoms with Crippen molar-refractivity contribution in [2.45, 2.75) is 4.90 Å². The van der Waals surface area contributed by atoms with Crippen LogP contribution in [0.2, 0.25) is 0 Å². The summed E-state index contributed by atoms with van der Waals surface area (Å²) in [5, 5.41) is 13.9. The highest BCUT2D eigenvalue weighted by Crippen LogP contribution is 2.34. The molecular weight excluding hydrogens is 312 g/mol. The van der Waals surface area contributed by atoms with Crippen molar-refractivity contribution in [1.82, 2.24) is 0 Å². The largest absolute Gasteiger partial charge is 0.383 e. The molecule has 6 heteroatoms. The number of nitro benzene ring substituents is 1. The van der Waals surface area contributed by atoms with Crippen LogP contribution < -0.4 is 5.32 Å². The third-order valence-corrected chi connectivity index (χ3v) is 4.76. The normalized spacial score (nSPS) is 15.3. The molecule has 116 valence electrons. The number of carbonyl (C=O) groups is 1. The first-order valence-corrected chi connectivity index (χ1v) is 8.02. The van der Waals surface area contributed by atoms with Crippen molar-refractivity contribution in [1.29, 1.82) is 0 Å². The number of nitro groups is 1. The molecule has 3 rings (SSSR count). The van der Waals surface area contributed by atoms with Gasteiger partial charge in [-0.25, -0.2) is 0 Å². The molecule has 0 amide bonds. The van der Waals surface area contributed by atoms with E-state index in [0.717, 1.165) is 4.90 Å². The SMILES string of the molecule is CNc1ccc(C=C2CSc3ccccc3C2=O)cc1[N+](=O)[O-]. The number of rotatable bonds is 3. The van der Waals surface area contributed by atoms with Gasteiger partial charge in [0.25, 0.3) is 5.69 Å². The van der Waals surface area contributed by atoms with E-state index < -0.39 is 4.92 Å². The molecule has 2 aromatic rings. The van der Waals surface area contributed by atoms with Crippen LogP contribution >= 0.6 is 11.8 Å². The highest BCUT2D eigenvalue weighted by molar-refractivity contribution is 7.99. The maximum absolute atomic E-state index is 12.5. The van der Waals surface area contributed by atoms with Gasteiger partial charge in [-0.3, -0.25) is 14.9 Å². The maximum Gasteiger partial charge on any atom is 0.292 e. The molecule has 0 radical (unpaired) electrons. The Morgan fingerprint density at radius 1 is 1.26 bits per heavy atom. The maximum atomic E-state index is 12.5. The van der Waals surface area contributed by atoms with Gasteiger partial charge in [0.05, 0.1) is 4.92 Å². The molecule has 0 atom stereocenters. The molecule has 1 aliphatic rings. The minimum Gasteiger partial charge on any atom is -0.383 e. The van der Waals surface area contributed by atoms with Gasteiger partial charge in [0.1, 0.15) is 5.69 Å². The molecule has 0 fully saturated rings. The Bertz CT molecular complexity index is 830. The average Bonchev–Trinajstić information content (AvgIpc) is 2.57. The van der Waals surface area contributed by atoms with Crippen LogP contribution in [-0.2, 0) is 0 Å². The number of carbonyl (C=O) groups excluding carboxylic acids is 1. The van der Waals surface area contributed by atoms with Crippen LogP contribution in [0, 0.1) is 10.1 Å². The van der Waals surface area contributed by atoms with Crippen molar-refractivity contribution >= 4 is 35.0 Å². The van der Waals surface area contributed by atoms with Crippen LogP contribution in [0.25, 0.3) is 6.08 Å². The summed E-state index contributed by atoms with van der Waals surface area (Å²) in [6.07, 6.45) is 1.73. The van der Waals surface area contributed by atoms with Crippen molar-refractivity contribution in [3.05, 3.63) is 69.3 Å². The lowest BCUT2D eigenvalue weighted by Crippen LogP contribution is -2.12. The van der Waals surface area contributed by atoms with Crippen molar-refractivity contribution < 1.29 is 9.72 Å². The Balaban J connectivity index is 1.98. The number of benzene rings is 2. The average molecular weight is 326 g/mol. The number of hydrogen-bond acceptors (Lipinski definition) is 5. The van der Waals surface area contributed by atoms with E-state index >= 15 is 0 Å². The van der Waals surface area contributed by atoms with E-state index in [9.17, 15) is 14.9 Å². The highest BCUT2D eigenvalue weighted by Gasteiger charge is 2.22. The molecule has 0 aliphatic carbocycles. The molecule has 0 aromatic heterocycles. The Morgan fingerprint density at radius 2 is 2.04 bits per heavy atom. The fraction of sp³-hybridized carbons (Fsp3) is 0.118. The Kier molecular flexibility index (Phi) is 4.16. The summed E-state index contributed by atoms with van der Waals surface area (Å²) in [6.45, 7) is 0. The second-order valence-electron chi connectivity index (χ2n) is 5.07. The number of nitrogens with zero attached hydrogens (tertiary/aromatic N) is 1. The lowest BCUT2D eigenvalue weighted by atomic mass is 10.0. The third kappa shape index (κ3) is 2.98. The molecule has 1 heterocycles. The fourth-order valence-electron chi connectivity index (χ4n) is 2.48. The van der Waals surface area contributed by atoms with Crippen LogP contribution in [0.1, 0.15) is 15.9 Å². The van der Waals surface area contributed by atoms with Gasteiger partial charge in [0.2, 0.25) is 0 Å². The topological polar surface area (TPSA) is 72.2 Å². The second-order valence-corrected chi connectivity index (χ2v) is 6.08. The molecular formula is C17H14N2O3S. The van der Waals surface area contributed by atoms with Crippen LogP contribution in [0.3, 0.4) is 0 Å². The zero-order valence-corrected chi connectivity index (χ0v) is 13.2. The highest BCUT2D eigenvalue weighted by atomic mass is 32.2. The number of Topliss-reactive ketones (excluding diaryl/α,β-unsaturated/α-hetero) is 1. The Labute approximate surface area is 137 Å². The molecule has 0 saturated carbocycles. The number of hydrogen-bond donors (Lipinski definition) is 1. The van der Waals surface area contributed by atoms with Gasteiger partial charge >= 0.3 is 0 Å². The summed E-state index contributed by atoms with van der Waals surface area (Å²) in [5.41, 5.74) is 2.44. The van der Waals surface area contributed by atoms with Gasteiger partial charge in [-0.05, 0) is 29.8 Å². The number of thioether (sulfide) groups is 1. The Morgan fingerprint density at radius 3 is 2.78 bits per heavy atom. The predicted octanol–water partition coefficient (Wildman–Crippen LogP) is 4.01. The van der Waals surface area contributed by atoms with Gasteiger partial charge in [-0.2, -0.15) is 0 Å². The molecule has 0 bridgehead atoms. The first kappa shape index (κ1) is 15.3. The van der Waals surface area contributed by atoms with E-state index in [2.05, 4.69) is 5.32 Å². The summed E-state index contributed by atoms with van der Waals surface area (Å²) in [6, 6.07) is 12.4. The number of fused-ring (bicyclic) bond motifs is 1. The standard InChI is InChI=1S/C17H14N2O3S/c1-18-14-7-6-11(9-15(14)19(21)22)8-12-10-23-16-5-3-2-4-13(16)17(12)20/h2-9,18H,10H2,1H3. The monoisotopic (exact) mass is 326 g/mol. The summed E-state index contributed by atoms with van der Waals surface area (Å²) in [7, 11) is 1.64. The number of nitrogens with one attached hydrogen (secondary N) is 1. The first-order chi connectivity index (χ1) is 11.1. The molecule has 0 spiro atoms. The van der Waals surface area contributed by atoms with E-state index in [-0.39, 0.29) is 11.5 Å². The molecule has 23 heavy (non-hydrogen) atoms. The van der Waals surface area contributed by atoms with Crippen molar-refractivity contribution in [3.63, 3.8) is 0 Å². The Hall–Kier alpha value is -2.60. The van der Waals surface area contributed by atoms with Crippen LogP contribution in [0.15, 0.2) is 52.9 Å². The summed E-state index contributed by atoms with van der Waals surface area (Å²) in [4.78, 5) is 24.2. The molecule has 1 N–H and O–H groups in total. The summed E-state index contributed by atoms with van der Waals surface area (Å²) in [5.74, 6) is 0.553. The van der Waals surface area contributed by atoms with E-state index in [4.69, 9.17) is 0 Å². The van der Waals surface area contributed by atoms with Gasteiger partial charge in [0, 0.05) is 34.9 Å². The zero-order chi connectivity index (χ0) is 16.4. The minimum absolute atomic E-state index is 0.00170. The van der Waals surface area contributed by atoms with Gasteiger partial charge < -0.3 is 5.32 Å². The smallest absolute Gasteiger partial charge is 0.292 e. The van der Waals surface area contributed by atoms with E-state index in [1.807, 2.05) is 24.3 Å². The third-order valence-electron chi connectivity index (χ3n) is 3.64. The predicted molar refractivity (Wildman–Crippen MR) is 92.1 cm³/mol. The lowest BCUT2D eigenvalue weighted by molar-refractivity contribution is -0.383. The summed E-state index contributed by atoms with van der Waals surface area (Å²) < 4.78 is 0. The van der Waals surface area contributed by atoms with Crippen molar-refractivity contribution in [3.8, 4) is 0 Å². The number of ketones is 1. The van der Waals surface area contributed by atoms with Gasteiger partial charge in [0.15, 0.2) is 5.78 Å². The molecule has 5 nitrogen and oxygen atoms in total. The molecule has 0 saturated heterocycles. The second kappa shape index (κ2) is 6.26. The fourth-order valence-corrected chi connectivity index (χ4v) is 3.50. The quantitative estimate of drug-likeness (QED) is 0.524. The molecule has 2 aromatic carbocycles. The minimum atomic E-state index is -0.430. The molecule has 0 unspecified atom stereocenters. The van der Waals surface area contributed by atoms with E-state index in [1.54, 1.807) is 37.0 Å². The van der Waals surface area contributed by atoms with E-state index in [1.165, 1.54) is 6.07 Å². The van der Waals surface area contributed by atoms with Crippen LogP contribution in [0.4, 0.5) is 11.4 Å². The zero-order valence-electron chi connectivity index (χ0n) is 12.4. The van der Waals surface area contributed by atoms with Crippen molar-refractivity contribution in [2.24, 2.45) is 0 Å². The van der Waals surface area contributed by atoms with Crippen molar-refractivity contribution in [2.75, 3.05) is 18.1 Å². The first-order valence-electron chi connectivity index (χ1n) is 7.03. The lowest BCUT2D eigenvalue weighted by Gasteiger charge is -2.16. The van der Waals surface area contributed by atoms with Crippen LogP contribution in [-0.4, -0.2) is 23.5 Å². The summed E-state index contributed by atoms with van der Waals surface area (Å²) >= 11 is 1.60. The molecule has 1 aliphatic heterocycles. The van der Waals surface area contributed by atoms with Gasteiger partial charge in [-0.15, -0.1) is 11.8 Å². The number of anilines is 1. The van der Waals surface area contributed by atoms with E-state index in [0.29, 0.717) is 28.1 Å².